The molecular formula is C22H23FN4. The Balaban J connectivity index is 1.89. The zero-order valence-electron chi connectivity index (χ0n) is 15.6. The van der Waals surface area contributed by atoms with Crippen molar-refractivity contribution >= 4 is 33.8 Å². The molecule has 0 saturated carbocycles. The van der Waals surface area contributed by atoms with Gasteiger partial charge in [-0.2, -0.15) is 0 Å². The first-order valence-corrected chi connectivity index (χ1v) is 8.85. The number of hydrogen-bond donors (Lipinski definition) is 1. The molecule has 27 heavy (non-hydrogen) atoms. The molecule has 1 heterocycles. The molecule has 0 bridgehead atoms. The van der Waals surface area contributed by atoms with Gasteiger partial charge in [0.05, 0.1) is 5.52 Å². The maximum absolute atomic E-state index is 12.5. The zero-order chi connectivity index (χ0) is 19.2. The van der Waals surface area contributed by atoms with Crippen LogP contribution in [0.3, 0.4) is 0 Å². The number of fused-ring (bicyclic) bond motifs is 1. The van der Waals surface area contributed by atoms with Crippen LogP contribution in [0.25, 0.3) is 16.5 Å². The molecule has 1 N–H and O–H groups in total. The van der Waals surface area contributed by atoms with E-state index in [4.69, 9.17) is 4.98 Å². The van der Waals surface area contributed by atoms with Crippen molar-refractivity contribution in [3.8, 4) is 0 Å². The van der Waals surface area contributed by atoms with Crippen molar-refractivity contribution in [2.24, 2.45) is 0 Å². The summed E-state index contributed by atoms with van der Waals surface area (Å²) in [6.07, 6.45) is 5.66. The fraction of sp³-hybridized carbons (Fsp3) is 0.182. The Kier molecular flexibility index (Phi) is 5.81. The first-order valence-electron chi connectivity index (χ1n) is 8.85. The zero-order valence-corrected chi connectivity index (χ0v) is 15.6. The van der Waals surface area contributed by atoms with Crippen molar-refractivity contribution in [1.29, 1.82) is 0 Å². The van der Waals surface area contributed by atoms with E-state index in [-0.39, 0.29) is 6.67 Å². The van der Waals surface area contributed by atoms with E-state index in [1.165, 1.54) is 0 Å². The molecule has 0 aliphatic rings. The van der Waals surface area contributed by atoms with Crippen LogP contribution < -0.4 is 10.2 Å². The SMILES string of the molecule is C=C/C(=C\C)c1cccc2cnc(Nc3ccc(N(C)CCF)cc3)nc12. The smallest absolute Gasteiger partial charge is 0.227 e. The van der Waals surface area contributed by atoms with Gasteiger partial charge in [-0.1, -0.05) is 36.9 Å². The Hall–Kier alpha value is -3.21. The molecule has 0 unspecified atom stereocenters. The van der Waals surface area contributed by atoms with Crippen molar-refractivity contribution in [3.05, 3.63) is 73.0 Å². The fourth-order valence-corrected chi connectivity index (χ4v) is 2.92. The molecule has 4 nitrogen and oxygen atoms in total. The second kappa shape index (κ2) is 8.45. The Morgan fingerprint density at radius 1 is 1.22 bits per heavy atom. The number of nitrogens with one attached hydrogen (secondary N) is 1. The maximum atomic E-state index is 12.5. The van der Waals surface area contributed by atoms with E-state index in [2.05, 4.69) is 16.9 Å². The fourth-order valence-electron chi connectivity index (χ4n) is 2.92. The Labute approximate surface area is 159 Å². The number of nitrogens with zero attached hydrogens (tertiary/aromatic N) is 3. The highest BCUT2D eigenvalue weighted by molar-refractivity contribution is 5.93. The summed E-state index contributed by atoms with van der Waals surface area (Å²) in [5, 5.41) is 4.21. The molecule has 138 valence electrons. The highest BCUT2D eigenvalue weighted by Crippen LogP contribution is 2.26. The van der Waals surface area contributed by atoms with Crippen molar-refractivity contribution < 1.29 is 4.39 Å². The van der Waals surface area contributed by atoms with E-state index < -0.39 is 0 Å². The van der Waals surface area contributed by atoms with Crippen LogP contribution in [0.5, 0.6) is 0 Å². The average Bonchev–Trinajstić information content (AvgIpc) is 2.70. The Bertz CT molecular complexity index is 964. The van der Waals surface area contributed by atoms with Crippen LogP contribution >= 0.6 is 0 Å². The van der Waals surface area contributed by atoms with Gasteiger partial charge < -0.3 is 10.2 Å². The molecule has 0 spiro atoms. The van der Waals surface area contributed by atoms with Gasteiger partial charge in [-0.3, -0.25) is 0 Å². The summed E-state index contributed by atoms with van der Waals surface area (Å²) in [7, 11) is 1.87. The lowest BCUT2D eigenvalue weighted by molar-refractivity contribution is 0.497. The Morgan fingerprint density at radius 2 is 2.00 bits per heavy atom. The van der Waals surface area contributed by atoms with Crippen molar-refractivity contribution in [2.45, 2.75) is 6.92 Å². The minimum atomic E-state index is -0.372. The number of alkyl halides is 1. The number of allylic oxidation sites excluding steroid dienone is 3. The van der Waals surface area contributed by atoms with Crippen LogP contribution in [0.15, 0.2) is 67.4 Å². The van der Waals surface area contributed by atoms with Crippen LogP contribution in [0, 0.1) is 0 Å². The highest BCUT2D eigenvalue weighted by atomic mass is 19.1. The molecular weight excluding hydrogens is 339 g/mol. The molecule has 2 aromatic carbocycles. The minimum Gasteiger partial charge on any atom is -0.372 e. The monoisotopic (exact) mass is 362 g/mol. The first kappa shape index (κ1) is 18.6. The van der Waals surface area contributed by atoms with E-state index in [1.54, 1.807) is 0 Å². The van der Waals surface area contributed by atoms with Gasteiger partial charge in [0.1, 0.15) is 6.67 Å². The van der Waals surface area contributed by atoms with E-state index >= 15 is 0 Å². The summed E-state index contributed by atoms with van der Waals surface area (Å²) in [6.45, 7) is 5.87. The summed E-state index contributed by atoms with van der Waals surface area (Å²) >= 11 is 0. The third kappa shape index (κ3) is 4.14. The predicted octanol–water partition coefficient (Wildman–Crippen LogP) is 5.37. The third-order valence-electron chi connectivity index (χ3n) is 4.44. The van der Waals surface area contributed by atoms with Gasteiger partial charge in [0, 0.05) is 42.1 Å². The molecule has 0 atom stereocenters. The molecule has 0 saturated heterocycles. The first-order chi connectivity index (χ1) is 13.2. The standard InChI is InChI=1S/C22H23FN4/c1-4-16(5-2)20-8-6-7-17-15-24-22(26-21(17)20)25-18-9-11-19(12-10-18)27(3)14-13-23/h4-12,15H,1,13-14H2,2-3H3,(H,24,25,26)/b16-5+. The summed E-state index contributed by atoms with van der Waals surface area (Å²) in [4.78, 5) is 11.0. The molecule has 0 radical (unpaired) electrons. The lowest BCUT2D eigenvalue weighted by atomic mass is 10.0. The number of hydrogen-bond acceptors (Lipinski definition) is 4. The van der Waals surface area contributed by atoms with Gasteiger partial charge in [-0.15, -0.1) is 0 Å². The number of para-hydroxylation sites is 1. The summed E-state index contributed by atoms with van der Waals surface area (Å²) in [6, 6.07) is 13.8. The van der Waals surface area contributed by atoms with E-state index in [9.17, 15) is 4.39 Å². The van der Waals surface area contributed by atoms with Crippen molar-refractivity contribution in [1.82, 2.24) is 9.97 Å². The lowest BCUT2D eigenvalue weighted by Gasteiger charge is -2.17. The topological polar surface area (TPSA) is 41.1 Å². The third-order valence-corrected chi connectivity index (χ3v) is 4.44. The van der Waals surface area contributed by atoms with Crippen molar-refractivity contribution in [3.63, 3.8) is 0 Å². The van der Waals surface area contributed by atoms with Gasteiger partial charge in [-0.25, -0.2) is 14.4 Å². The predicted molar refractivity (Wildman–Crippen MR) is 112 cm³/mol. The number of benzene rings is 2. The summed E-state index contributed by atoms with van der Waals surface area (Å²) in [5.74, 6) is 0.527. The molecule has 0 fully saturated rings. The van der Waals surface area contributed by atoms with Crippen LogP contribution in [-0.4, -0.2) is 30.2 Å². The molecule has 3 rings (SSSR count). The molecule has 0 aliphatic heterocycles. The van der Waals surface area contributed by atoms with Gasteiger partial charge in [0.2, 0.25) is 5.95 Å². The quantitative estimate of drug-likeness (QED) is 0.574. The number of aromatic nitrogens is 2. The van der Waals surface area contributed by atoms with Crippen LogP contribution in [0.2, 0.25) is 0 Å². The van der Waals surface area contributed by atoms with Crippen LogP contribution in [0.1, 0.15) is 12.5 Å². The van der Waals surface area contributed by atoms with Gasteiger partial charge >= 0.3 is 0 Å². The highest BCUT2D eigenvalue weighted by Gasteiger charge is 2.08. The van der Waals surface area contributed by atoms with Gasteiger partial charge in [0.25, 0.3) is 0 Å². The molecule has 0 aliphatic carbocycles. The second-order valence-electron chi connectivity index (χ2n) is 6.17. The van der Waals surface area contributed by atoms with Gasteiger partial charge in [-0.05, 0) is 36.8 Å². The molecule has 5 heteroatoms. The summed E-state index contributed by atoms with van der Waals surface area (Å²) in [5.41, 5.74) is 4.77. The molecule has 3 aromatic rings. The van der Waals surface area contributed by atoms with Crippen LogP contribution in [-0.2, 0) is 0 Å². The Morgan fingerprint density at radius 3 is 2.67 bits per heavy atom. The van der Waals surface area contributed by atoms with Crippen LogP contribution in [0.4, 0.5) is 21.7 Å². The number of halogens is 1. The largest absolute Gasteiger partial charge is 0.372 e. The number of rotatable bonds is 7. The maximum Gasteiger partial charge on any atom is 0.227 e. The van der Waals surface area contributed by atoms with E-state index in [0.717, 1.165) is 33.4 Å². The average molecular weight is 362 g/mol. The van der Waals surface area contributed by atoms with Gasteiger partial charge in [0.15, 0.2) is 0 Å². The minimum absolute atomic E-state index is 0.372. The van der Waals surface area contributed by atoms with Crippen molar-refractivity contribution in [2.75, 3.05) is 30.5 Å². The normalized spacial score (nSPS) is 11.4. The van der Waals surface area contributed by atoms with E-state index in [0.29, 0.717) is 12.5 Å². The number of anilines is 3. The van der Waals surface area contributed by atoms with E-state index in [1.807, 2.05) is 79.7 Å². The molecule has 1 aromatic heterocycles. The summed E-state index contributed by atoms with van der Waals surface area (Å²) < 4.78 is 12.5. The second-order valence-corrected chi connectivity index (χ2v) is 6.17. The lowest BCUT2D eigenvalue weighted by Crippen LogP contribution is -2.19. The molecule has 0 amide bonds.